The fourth-order valence-corrected chi connectivity index (χ4v) is 2.67. The first kappa shape index (κ1) is 12.5. The molecule has 100 valence electrons. The van der Waals surface area contributed by atoms with Gasteiger partial charge in [-0.1, -0.05) is 18.2 Å². The number of nitriles is 1. The molecular weight excluding hydrogens is 248 g/mol. The van der Waals surface area contributed by atoms with E-state index in [1.807, 2.05) is 6.07 Å². The van der Waals surface area contributed by atoms with Crippen LogP contribution in [0, 0.1) is 11.3 Å². The number of benzene rings is 1. The molecule has 2 aromatic rings. The maximum absolute atomic E-state index is 8.91. The Morgan fingerprint density at radius 1 is 1.25 bits per heavy atom. The standard InChI is InChI=1S/C16H16N4/c17-10-12-9-14(18)16(19-11-12)20-8-4-3-6-13-5-1-2-7-15(13)20/h1-2,5,7,9,11H,3-4,6,8,18H2. The number of nitrogens with zero attached hydrogens (tertiary/aromatic N) is 3. The van der Waals surface area contributed by atoms with E-state index < -0.39 is 0 Å². The number of aromatic nitrogens is 1. The summed E-state index contributed by atoms with van der Waals surface area (Å²) in [6.45, 7) is 0.903. The van der Waals surface area contributed by atoms with Crippen LogP contribution in [-0.4, -0.2) is 11.5 Å². The van der Waals surface area contributed by atoms with Gasteiger partial charge in [-0.05, 0) is 37.0 Å². The molecule has 0 saturated heterocycles. The summed E-state index contributed by atoms with van der Waals surface area (Å²) in [5.74, 6) is 0.748. The molecule has 4 nitrogen and oxygen atoms in total. The number of hydrogen-bond donors (Lipinski definition) is 1. The Labute approximate surface area is 118 Å². The molecule has 1 aliphatic heterocycles. The second-order valence-electron chi connectivity index (χ2n) is 4.99. The number of nitrogens with two attached hydrogens (primary N) is 1. The number of nitrogen functional groups attached to an aromatic ring is 1. The van der Waals surface area contributed by atoms with Gasteiger partial charge in [0.15, 0.2) is 5.82 Å². The van der Waals surface area contributed by atoms with Crippen LogP contribution in [0.3, 0.4) is 0 Å². The number of rotatable bonds is 1. The van der Waals surface area contributed by atoms with Gasteiger partial charge in [0, 0.05) is 18.4 Å². The molecule has 20 heavy (non-hydrogen) atoms. The first-order valence-corrected chi connectivity index (χ1v) is 6.80. The van der Waals surface area contributed by atoms with E-state index in [-0.39, 0.29) is 0 Å². The summed E-state index contributed by atoms with van der Waals surface area (Å²) in [5.41, 5.74) is 9.64. The highest BCUT2D eigenvalue weighted by Crippen LogP contribution is 2.34. The Bertz CT molecular complexity index is 672. The minimum atomic E-state index is 0.495. The Kier molecular flexibility index (Phi) is 3.26. The summed E-state index contributed by atoms with van der Waals surface area (Å²) in [7, 11) is 0. The lowest BCUT2D eigenvalue weighted by Gasteiger charge is -2.25. The summed E-state index contributed by atoms with van der Waals surface area (Å²) in [4.78, 5) is 6.56. The summed E-state index contributed by atoms with van der Waals surface area (Å²) >= 11 is 0. The van der Waals surface area contributed by atoms with Crippen LogP contribution < -0.4 is 10.6 Å². The molecule has 0 aliphatic carbocycles. The molecule has 0 spiro atoms. The van der Waals surface area contributed by atoms with E-state index in [0.29, 0.717) is 11.3 Å². The van der Waals surface area contributed by atoms with Crippen LogP contribution in [0.1, 0.15) is 24.0 Å². The molecule has 2 N–H and O–H groups in total. The van der Waals surface area contributed by atoms with Gasteiger partial charge in [0.1, 0.15) is 6.07 Å². The van der Waals surface area contributed by atoms with E-state index in [0.717, 1.165) is 25.2 Å². The van der Waals surface area contributed by atoms with E-state index in [9.17, 15) is 0 Å². The maximum atomic E-state index is 8.91. The molecular formula is C16H16N4. The fraction of sp³-hybridized carbons (Fsp3) is 0.250. The molecule has 0 amide bonds. The minimum Gasteiger partial charge on any atom is -0.396 e. The highest BCUT2D eigenvalue weighted by molar-refractivity contribution is 5.74. The van der Waals surface area contributed by atoms with E-state index in [2.05, 4.69) is 34.2 Å². The molecule has 0 radical (unpaired) electrons. The van der Waals surface area contributed by atoms with Crippen molar-refractivity contribution in [2.24, 2.45) is 0 Å². The number of fused-ring (bicyclic) bond motifs is 1. The van der Waals surface area contributed by atoms with E-state index >= 15 is 0 Å². The van der Waals surface area contributed by atoms with Gasteiger partial charge in [-0.25, -0.2) is 4.98 Å². The average Bonchev–Trinajstić information content (AvgIpc) is 2.69. The third-order valence-electron chi connectivity index (χ3n) is 3.64. The lowest BCUT2D eigenvalue weighted by Crippen LogP contribution is -2.20. The number of anilines is 3. The second kappa shape index (κ2) is 5.22. The summed E-state index contributed by atoms with van der Waals surface area (Å²) in [5, 5.41) is 8.91. The van der Waals surface area contributed by atoms with Gasteiger partial charge in [0.25, 0.3) is 0 Å². The summed E-state index contributed by atoms with van der Waals surface area (Å²) in [6, 6.07) is 12.1. The zero-order valence-electron chi connectivity index (χ0n) is 11.2. The first-order chi connectivity index (χ1) is 9.79. The van der Waals surface area contributed by atoms with Gasteiger partial charge in [0.05, 0.1) is 11.3 Å². The van der Waals surface area contributed by atoms with Crippen LogP contribution >= 0.6 is 0 Å². The molecule has 0 unspecified atom stereocenters. The minimum absolute atomic E-state index is 0.495. The topological polar surface area (TPSA) is 65.9 Å². The Hall–Kier alpha value is -2.54. The predicted molar refractivity (Wildman–Crippen MR) is 79.8 cm³/mol. The molecule has 2 heterocycles. The van der Waals surface area contributed by atoms with Crippen molar-refractivity contribution in [3.8, 4) is 6.07 Å². The van der Waals surface area contributed by atoms with Crippen molar-refractivity contribution < 1.29 is 0 Å². The van der Waals surface area contributed by atoms with E-state index in [4.69, 9.17) is 11.0 Å². The summed E-state index contributed by atoms with van der Waals surface area (Å²) in [6.07, 6.45) is 4.95. The van der Waals surface area contributed by atoms with Crippen molar-refractivity contribution >= 4 is 17.2 Å². The fourth-order valence-electron chi connectivity index (χ4n) is 2.67. The highest BCUT2D eigenvalue weighted by Gasteiger charge is 2.19. The SMILES string of the molecule is N#Cc1cnc(N2CCCCc3ccccc32)c(N)c1. The second-order valence-corrected chi connectivity index (χ2v) is 4.99. The monoisotopic (exact) mass is 264 g/mol. The van der Waals surface area contributed by atoms with Crippen LogP contribution in [0.4, 0.5) is 17.2 Å². The van der Waals surface area contributed by atoms with Crippen molar-refractivity contribution in [1.29, 1.82) is 5.26 Å². The zero-order chi connectivity index (χ0) is 13.9. The van der Waals surface area contributed by atoms with Crippen LogP contribution in [0.2, 0.25) is 0 Å². The molecule has 4 heteroatoms. The third-order valence-corrected chi connectivity index (χ3v) is 3.64. The molecule has 3 rings (SSSR count). The van der Waals surface area contributed by atoms with Gasteiger partial charge in [-0.2, -0.15) is 5.26 Å². The van der Waals surface area contributed by atoms with Crippen LogP contribution in [-0.2, 0) is 6.42 Å². The van der Waals surface area contributed by atoms with Gasteiger partial charge < -0.3 is 10.6 Å². The largest absolute Gasteiger partial charge is 0.396 e. The average molecular weight is 264 g/mol. The molecule has 1 aromatic heterocycles. The lowest BCUT2D eigenvalue weighted by atomic mass is 10.1. The van der Waals surface area contributed by atoms with Gasteiger partial charge >= 0.3 is 0 Å². The van der Waals surface area contributed by atoms with Crippen molar-refractivity contribution in [3.63, 3.8) is 0 Å². The third kappa shape index (κ3) is 2.19. The van der Waals surface area contributed by atoms with Crippen molar-refractivity contribution in [2.45, 2.75) is 19.3 Å². The van der Waals surface area contributed by atoms with Crippen molar-refractivity contribution in [3.05, 3.63) is 47.7 Å². The Morgan fingerprint density at radius 2 is 2.10 bits per heavy atom. The van der Waals surface area contributed by atoms with E-state index in [1.54, 1.807) is 12.3 Å². The number of pyridine rings is 1. The summed E-state index contributed by atoms with van der Waals surface area (Å²) < 4.78 is 0. The number of aryl methyl sites for hydroxylation is 1. The van der Waals surface area contributed by atoms with Crippen LogP contribution in [0.25, 0.3) is 0 Å². The molecule has 1 aliphatic rings. The predicted octanol–water partition coefficient (Wildman–Crippen LogP) is 3.01. The van der Waals surface area contributed by atoms with Gasteiger partial charge in [-0.3, -0.25) is 0 Å². The highest BCUT2D eigenvalue weighted by atomic mass is 15.2. The number of para-hydroxylation sites is 1. The smallest absolute Gasteiger partial charge is 0.156 e. The molecule has 0 saturated carbocycles. The van der Waals surface area contributed by atoms with E-state index in [1.165, 1.54) is 17.7 Å². The van der Waals surface area contributed by atoms with Crippen LogP contribution in [0.5, 0.6) is 0 Å². The van der Waals surface area contributed by atoms with Gasteiger partial charge in [0.2, 0.25) is 0 Å². The number of hydrogen-bond acceptors (Lipinski definition) is 4. The Morgan fingerprint density at radius 3 is 2.90 bits per heavy atom. The quantitative estimate of drug-likeness (QED) is 0.859. The Balaban J connectivity index is 2.08. The van der Waals surface area contributed by atoms with Crippen LogP contribution in [0.15, 0.2) is 36.5 Å². The zero-order valence-corrected chi connectivity index (χ0v) is 11.2. The van der Waals surface area contributed by atoms with Gasteiger partial charge in [-0.15, -0.1) is 0 Å². The molecule has 0 fully saturated rings. The molecule has 1 aromatic carbocycles. The van der Waals surface area contributed by atoms with Crippen molar-refractivity contribution in [2.75, 3.05) is 17.2 Å². The molecule has 0 atom stereocenters. The first-order valence-electron chi connectivity index (χ1n) is 6.80. The maximum Gasteiger partial charge on any atom is 0.156 e. The molecule has 0 bridgehead atoms. The van der Waals surface area contributed by atoms with Crippen molar-refractivity contribution in [1.82, 2.24) is 4.98 Å². The lowest BCUT2D eigenvalue weighted by molar-refractivity contribution is 0.758. The normalized spacial score (nSPS) is 14.2.